The largest absolute Gasteiger partial charge is 0.480 e. The number of ether oxygens (including phenoxy) is 3. The van der Waals surface area contributed by atoms with Crippen molar-refractivity contribution < 1.29 is 48.1 Å². The number of carbonyl (C=O) groups is 6. The number of esters is 1. The standard InChI is InChI=1S/C23H35N3O10/c1-23(2,3)36-21(31)7-4-16(22(32)33)25-18(28)9-12-34-14-15-35-13-10-24-17(27)8-11-26-19(29)5-6-20(26)30/h5-6,16H,4,7-15H2,1-3H3,(H,24,27)(H,25,28)(H,32,33)/t16-/m0/s1. The molecule has 13 heteroatoms. The van der Waals surface area contributed by atoms with E-state index >= 15 is 0 Å². The number of aliphatic carboxylic acids is 1. The molecule has 0 bridgehead atoms. The van der Waals surface area contributed by atoms with Crippen LogP contribution in [0.2, 0.25) is 0 Å². The van der Waals surface area contributed by atoms with E-state index in [1.54, 1.807) is 20.8 Å². The maximum atomic E-state index is 12.0. The molecule has 0 aromatic heterocycles. The van der Waals surface area contributed by atoms with Gasteiger partial charge in [0, 0.05) is 44.5 Å². The van der Waals surface area contributed by atoms with Crippen molar-refractivity contribution in [1.82, 2.24) is 15.5 Å². The normalized spacial score (nSPS) is 14.0. The molecule has 1 aliphatic rings. The fourth-order valence-corrected chi connectivity index (χ4v) is 2.88. The predicted octanol–water partition coefficient (Wildman–Crippen LogP) is -0.468. The van der Waals surface area contributed by atoms with E-state index < -0.39 is 41.3 Å². The van der Waals surface area contributed by atoms with Crippen LogP contribution in [0.1, 0.15) is 46.5 Å². The number of carbonyl (C=O) groups excluding carboxylic acids is 5. The Balaban J connectivity index is 2.06. The zero-order valence-electron chi connectivity index (χ0n) is 20.9. The summed E-state index contributed by atoms with van der Waals surface area (Å²) < 4.78 is 15.7. The number of imide groups is 1. The molecule has 0 aromatic carbocycles. The van der Waals surface area contributed by atoms with E-state index in [1.165, 1.54) is 0 Å². The van der Waals surface area contributed by atoms with Crippen molar-refractivity contribution in [3.8, 4) is 0 Å². The van der Waals surface area contributed by atoms with E-state index in [4.69, 9.17) is 14.2 Å². The molecule has 0 fully saturated rings. The third kappa shape index (κ3) is 13.5. The number of hydrogen-bond acceptors (Lipinski definition) is 9. The van der Waals surface area contributed by atoms with Gasteiger partial charge >= 0.3 is 11.9 Å². The fraction of sp³-hybridized carbons (Fsp3) is 0.652. The maximum absolute atomic E-state index is 12.0. The van der Waals surface area contributed by atoms with Crippen LogP contribution in [0.5, 0.6) is 0 Å². The van der Waals surface area contributed by atoms with Gasteiger partial charge in [0.15, 0.2) is 0 Å². The summed E-state index contributed by atoms with van der Waals surface area (Å²) >= 11 is 0. The van der Waals surface area contributed by atoms with Crippen molar-refractivity contribution >= 4 is 35.6 Å². The summed E-state index contributed by atoms with van der Waals surface area (Å²) in [5.74, 6) is -3.51. The van der Waals surface area contributed by atoms with Gasteiger partial charge in [0.1, 0.15) is 11.6 Å². The van der Waals surface area contributed by atoms with Crippen molar-refractivity contribution in [3.05, 3.63) is 12.2 Å². The molecule has 1 atom stereocenters. The second-order valence-corrected chi connectivity index (χ2v) is 8.82. The van der Waals surface area contributed by atoms with Crippen LogP contribution >= 0.6 is 0 Å². The molecule has 0 spiro atoms. The van der Waals surface area contributed by atoms with Crippen LogP contribution in [0, 0.1) is 0 Å². The number of amides is 4. The van der Waals surface area contributed by atoms with Crippen LogP contribution in [-0.2, 0) is 43.0 Å². The molecule has 3 N–H and O–H groups in total. The minimum Gasteiger partial charge on any atom is -0.480 e. The minimum atomic E-state index is -1.25. The predicted molar refractivity (Wildman–Crippen MR) is 124 cm³/mol. The number of nitrogens with zero attached hydrogens (tertiary/aromatic N) is 1. The van der Waals surface area contributed by atoms with Gasteiger partial charge in [-0.05, 0) is 27.2 Å². The van der Waals surface area contributed by atoms with Gasteiger partial charge in [-0.25, -0.2) is 4.79 Å². The first-order chi connectivity index (χ1) is 16.9. The second-order valence-electron chi connectivity index (χ2n) is 8.82. The van der Waals surface area contributed by atoms with Crippen LogP contribution in [0.3, 0.4) is 0 Å². The summed E-state index contributed by atoms with van der Waals surface area (Å²) in [5.41, 5.74) is -0.676. The summed E-state index contributed by atoms with van der Waals surface area (Å²) in [4.78, 5) is 70.5. The molecule has 0 aromatic rings. The summed E-state index contributed by atoms with van der Waals surface area (Å²) in [6.07, 6.45) is 2.01. The molecule has 36 heavy (non-hydrogen) atoms. The molecule has 1 rings (SSSR count). The van der Waals surface area contributed by atoms with E-state index in [1.807, 2.05) is 0 Å². The number of carboxylic acid groups (broad SMARTS) is 1. The van der Waals surface area contributed by atoms with Crippen molar-refractivity contribution in [3.63, 3.8) is 0 Å². The van der Waals surface area contributed by atoms with E-state index in [2.05, 4.69) is 10.6 Å². The molecule has 0 saturated heterocycles. The highest BCUT2D eigenvalue weighted by Crippen LogP contribution is 2.10. The van der Waals surface area contributed by atoms with Crippen molar-refractivity contribution in [2.24, 2.45) is 0 Å². The van der Waals surface area contributed by atoms with Crippen LogP contribution in [0.4, 0.5) is 0 Å². The van der Waals surface area contributed by atoms with Gasteiger partial charge in [-0.2, -0.15) is 0 Å². The number of rotatable bonds is 17. The number of carboxylic acids is 1. The van der Waals surface area contributed by atoms with Gasteiger partial charge < -0.3 is 30.0 Å². The Morgan fingerprint density at radius 2 is 1.53 bits per heavy atom. The van der Waals surface area contributed by atoms with E-state index in [9.17, 15) is 33.9 Å². The van der Waals surface area contributed by atoms with Gasteiger partial charge in [-0.3, -0.25) is 28.9 Å². The molecule has 202 valence electrons. The number of hydrogen-bond donors (Lipinski definition) is 3. The average Bonchev–Trinajstić information content (AvgIpc) is 3.09. The maximum Gasteiger partial charge on any atom is 0.326 e. The highest BCUT2D eigenvalue weighted by molar-refractivity contribution is 6.13. The highest BCUT2D eigenvalue weighted by Gasteiger charge is 2.24. The SMILES string of the molecule is CC(C)(C)OC(=O)CC[C@H](NC(=O)CCOCCOCCNC(=O)CCN1C(=O)C=CC1=O)C(=O)O. The third-order valence-electron chi connectivity index (χ3n) is 4.57. The second kappa shape index (κ2) is 15.6. The zero-order chi connectivity index (χ0) is 27.1. The first kappa shape index (κ1) is 30.7. The van der Waals surface area contributed by atoms with Crippen LogP contribution in [-0.4, -0.2) is 96.7 Å². The quantitative estimate of drug-likeness (QED) is 0.131. The monoisotopic (exact) mass is 513 g/mol. The average molecular weight is 514 g/mol. The van der Waals surface area contributed by atoms with E-state index in [-0.39, 0.29) is 71.1 Å². The molecule has 1 heterocycles. The van der Waals surface area contributed by atoms with E-state index in [0.29, 0.717) is 0 Å². The molecular weight excluding hydrogens is 478 g/mol. The van der Waals surface area contributed by atoms with Gasteiger partial charge in [-0.1, -0.05) is 0 Å². The third-order valence-corrected chi connectivity index (χ3v) is 4.57. The van der Waals surface area contributed by atoms with Gasteiger partial charge in [0.2, 0.25) is 11.8 Å². The fourth-order valence-electron chi connectivity index (χ4n) is 2.88. The van der Waals surface area contributed by atoms with Gasteiger partial charge in [0.25, 0.3) is 11.8 Å². The lowest BCUT2D eigenvalue weighted by Crippen LogP contribution is -2.41. The smallest absolute Gasteiger partial charge is 0.326 e. The minimum absolute atomic E-state index is 0.00588. The van der Waals surface area contributed by atoms with Crippen LogP contribution < -0.4 is 10.6 Å². The van der Waals surface area contributed by atoms with Gasteiger partial charge in [0.05, 0.1) is 26.4 Å². The Morgan fingerprint density at radius 1 is 0.917 bits per heavy atom. The Labute approximate surface area is 209 Å². The van der Waals surface area contributed by atoms with Crippen LogP contribution in [0.25, 0.3) is 0 Å². The number of nitrogens with one attached hydrogen (secondary N) is 2. The van der Waals surface area contributed by atoms with Crippen LogP contribution in [0.15, 0.2) is 12.2 Å². The van der Waals surface area contributed by atoms with Crippen molar-refractivity contribution in [2.45, 2.75) is 58.1 Å². The molecule has 1 aliphatic heterocycles. The molecule has 0 unspecified atom stereocenters. The molecule has 0 radical (unpaired) electrons. The molecular formula is C23H35N3O10. The first-order valence-corrected chi connectivity index (χ1v) is 11.6. The van der Waals surface area contributed by atoms with Gasteiger partial charge in [-0.15, -0.1) is 0 Å². The Morgan fingerprint density at radius 3 is 2.11 bits per heavy atom. The molecule has 4 amide bonds. The van der Waals surface area contributed by atoms with Crippen molar-refractivity contribution in [2.75, 3.05) is 39.5 Å². The summed E-state index contributed by atoms with van der Waals surface area (Å²) in [5, 5.41) is 14.2. The molecule has 0 aliphatic carbocycles. The Kier molecular flexibility index (Phi) is 13.3. The first-order valence-electron chi connectivity index (χ1n) is 11.6. The van der Waals surface area contributed by atoms with Crippen molar-refractivity contribution in [1.29, 1.82) is 0 Å². The summed E-state index contributed by atoms with van der Waals surface area (Å²) in [6, 6.07) is -1.21. The molecule has 0 saturated carbocycles. The lowest BCUT2D eigenvalue weighted by Gasteiger charge is -2.20. The Hall–Kier alpha value is -3.32. The summed E-state index contributed by atoms with van der Waals surface area (Å²) in [7, 11) is 0. The highest BCUT2D eigenvalue weighted by atomic mass is 16.6. The lowest BCUT2D eigenvalue weighted by molar-refractivity contribution is -0.155. The molecule has 13 nitrogen and oxygen atoms in total. The van der Waals surface area contributed by atoms with E-state index in [0.717, 1.165) is 17.1 Å². The topological polar surface area (TPSA) is 178 Å². The lowest BCUT2D eigenvalue weighted by atomic mass is 10.1. The zero-order valence-corrected chi connectivity index (χ0v) is 20.9. The summed E-state index contributed by atoms with van der Waals surface area (Å²) in [6.45, 7) is 6.03. The Bertz CT molecular complexity index is 816.